The molecule has 14 unspecified atom stereocenters. The van der Waals surface area contributed by atoms with Gasteiger partial charge in [-0.3, -0.25) is 0 Å². The fraction of sp³-hybridized carbons (Fsp3) is 0.760. The molecule has 4 rings (SSSR count). The molecule has 2 saturated carbocycles. The Kier molecular flexibility index (Phi) is 14.8. The van der Waals surface area contributed by atoms with Crippen molar-refractivity contribution >= 4 is 0 Å². The summed E-state index contributed by atoms with van der Waals surface area (Å²) in [6.45, 7) is 36.3. The molecule has 0 aliphatic heterocycles. The van der Waals surface area contributed by atoms with Crippen LogP contribution in [0.25, 0.3) is 0 Å². The summed E-state index contributed by atoms with van der Waals surface area (Å²) in [4.78, 5) is 0. The molecule has 14 atom stereocenters. The summed E-state index contributed by atoms with van der Waals surface area (Å²) in [7, 11) is 0. The normalized spacial score (nSPS) is 42.0. The standard InChI is InChI=1S/C50H82/c1-15-33(4)48-31-50(23-22-36(48)7)29-32(3)24-44(30-50)21-20-35(6)47(28-45-25-38(9)41(12)39(10)26-45)34(5)18-17-19-37(8)49-43(14)42(13)40(11)27-46(49)16-2/h16-20,22-23,27,32-34,36,38-39,41-49H,2,15,21,24-26,28-31H2,1,3-14H3/b18-17+,35-20+,37-19+. The number of rotatable bonds is 12. The Labute approximate surface area is 312 Å². The van der Waals surface area contributed by atoms with Crippen LogP contribution >= 0.6 is 0 Å². The van der Waals surface area contributed by atoms with Crippen molar-refractivity contribution in [3.05, 3.63) is 71.9 Å². The van der Waals surface area contributed by atoms with Crippen LogP contribution in [0.2, 0.25) is 0 Å². The zero-order valence-electron chi connectivity index (χ0n) is 35.4. The smallest absolute Gasteiger partial charge is 0.00148 e. The largest absolute Gasteiger partial charge is 0.102 e. The van der Waals surface area contributed by atoms with Gasteiger partial charge in [0.1, 0.15) is 0 Å². The minimum absolute atomic E-state index is 0.433. The molecule has 0 aromatic carbocycles. The van der Waals surface area contributed by atoms with Crippen molar-refractivity contribution in [1.82, 2.24) is 0 Å². The minimum Gasteiger partial charge on any atom is -0.102 e. The highest BCUT2D eigenvalue weighted by molar-refractivity contribution is 5.26. The van der Waals surface area contributed by atoms with E-state index in [0.29, 0.717) is 40.9 Å². The van der Waals surface area contributed by atoms with Gasteiger partial charge in [-0.2, -0.15) is 0 Å². The average molecular weight is 683 g/mol. The Balaban J connectivity index is 1.53. The molecule has 4 aliphatic rings. The van der Waals surface area contributed by atoms with Crippen molar-refractivity contribution in [1.29, 1.82) is 0 Å². The molecule has 0 amide bonds. The van der Waals surface area contributed by atoms with Crippen LogP contribution in [-0.2, 0) is 0 Å². The quantitative estimate of drug-likeness (QED) is 0.142. The Morgan fingerprint density at radius 3 is 2.24 bits per heavy atom. The maximum Gasteiger partial charge on any atom is 0.00148 e. The molecule has 4 aliphatic carbocycles. The van der Waals surface area contributed by atoms with Gasteiger partial charge in [-0.15, -0.1) is 6.58 Å². The summed E-state index contributed by atoms with van der Waals surface area (Å²) in [6.07, 6.45) is 32.5. The molecule has 0 N–H and O–H groups in total. The molecule has 0 saturated heterocycles. The van der Waals surface area contributed by atoms with Crippen LogP contribution in [0.4, 0.5) is 0 Å². The molecular weight excluding hydrogens is 601 g/mol. The second kappa shape index (κ2) is 18.0. The van der Waals surface area contributed by atoms with Crippen LogP contribution in [-0.4, -0.2) is 0 Å². The van der Waals surface area contributed by atoms with Crippen molar-refractivity contribution in [2.24, 2.45) is 94.2 Å². The number of allylic oxidation sites excluding steroid dienone is 11. The van der Waals surface area contributed by atoms with E-state index in [1.807, 2.05) is 0 Å². The molecule has 0 heteroatoms. The molecule has 0 bridgehead atoms. The number of hydrogen-bond donors (Lipinski definition) is 0. The lowest BCUT2D eigenvalue weighted by Gasteiger charge is -2.48. The third kappa shape index (κ3) is 9.90. The Hall–Kier alpha value is -1.56. The van der Waals surface area contributed by atoms with Crippen molar-refractivity contribution < 1.29 is 0 Å². The topological polar surface area (TPSA) is 0 Å². The summed E-state index contributed by atoms with van der Waals surface area (Å²) in [5.74, 6) is 10.8. The molecular formula is C50H82. The summed E-state index contributed by atoms with van der Waals surface area (Å²) >= 11 is 0. The highest BCUT2D eigenvalue weighted by Gasteiger charge is 2.43. The fourth-order valence-electron chi connectivity index (χ4n) is 12.0. The van der Waals surface area contributed by atoms with E-state index >= 15 is 0 Å². The molecule has 0 nitrogen and oxygen atoms in total. The van der Waals surface area contributed by atoms with Crippen LogP contribution < -0.4 is 0 Å². The summed E-state index contributed by atoms with van der Waals surface area (Å²) < 4.78 is 0. The van der Waals surface area contributed by atoms with Crippen LogP contribution in [0.1, 0.15) is 148 Å². The van der Waals surface area contributed by atoms with Gasteiger partial charge in [-0.25, -0.2) is 0 Å². The first-order chi connectivity index (χ1) is 23.6. The van der Waals surface area contributed by atoms with Gasteiger partial charge < -0.3 is 0 Å². The van der Waals surface area contributed by atoms with Crippen molar-refractivity contribution in [3.63, 3.8) is 0 Å². The molecule has 0 aromatic rings. The van der Waals surface area contributed by atoms with Crippen molar-refractivity contribution in [3.8, 4) is 0 Å². The van der Waals surface area contributed by atoms with E-state index in [1.54, 1.807) is 5.57 Å². The van der Waals surface area contributed by atoms with E-state index in [4.69, 9.17) is 0 Å². The van der Waals surface area contributed by atoms with E-state index < -0.39 is 0 Å². The van der Waals surface area contributed by atoms with E-state index in [0.717, 1.165) is 53.3 Å². The van der Waals surface area contributed by atoms with Crippen LogP contribution in [0.15, 0.2) is 71.9 Å². The average Bonchev–Trinajstić information content (AvgIpc) is 3.07. The highest BCUT2D eigenvalue weighted by Crippen LogP contribution is 2.53. The lowest BCUT2D eigenvalue weighted by atomic mass is 9.57. The predicted octanol–water partition coefficient (Wildman–Crippen LogP) is 15.1. The minimum atomic E-state index is 0.433. The maximum absolute atomic E-state index is 4.23. The van der Waals surface area contributed by atoms with E-state index in [1.165, 1.54) is 68.9 Å². The van der Waals surface area contributed by atoms with Gasteiger partial charge >= 0.3 is 0 Å². The van der Waals surface area contributed by atoms with Gasteiger partial charge in [0.15, 0.2) is 0 Å². The van der Waals surface area contributed by atoms with Gasteiger partial charge in [0, 0.05) is 5.92 Å². The second-order valence-corrected chi connectivity index (χ2v) is 19.7. The molecule has 0 heterocycles. The Morgan fingerprint density at radius 1 is 0.920 bits per heavy atom. The third-order valence-electron chi connectivity index (χ3n) is 15.9. The van der Waals surface area contributed by atoms with Crippen molar-refractivity contribution in [2.45, 2.75) is 148 Å². The second-order valence-electron chi connectivity index (χ2n) is 19.7. The van der Waals surface area contributed by atoms with Crippen LogP contribution in [0.3, 0.4) is 0 Å². The molecule has 50 heavy (non-hydrogen) atoms. The van der Waals surface area contributed by atoms with Gasteiger partial charge in [-0.05, 0) is 160 Å². The summed E-state index contributed by atoms with van der Waals surface area (Å²) in [6, 6.07) is 0. The Bertz CT molecular complexity index is 1240. The van der Waals surface area contributed by atoms with Crippen LogP contribution in [0.5, 0.6) is 0 Å². The highest BCUT2D eigenvalue weighted by atomic mass is 14.5. The molecule has 2 fully saturated rings. The summed E-state index contributed by atoms with van der Waals surface area (Å²) in [5.41, 5.74) is 5.14. The lowest BCUT2D eigenvalue weighted by Crippen LogP contribution is -2.38. The fourth-order valence-corrected chi connectivity index (χ4v) is 12.0. The SMILES string of the molecule is C=CC1C=C(C)C(C)C(C)C1/C(C)=C/C=C/C(C)C(CC1CC(C)C(C)C(C)C1)/C(C)=C/CC1CC(C)CC2(C=CC(C)C(C(C)CC)C2)C1. The summed E-state index contributed by atoms with van der Waals surface area (Å²) in [5, 5.41) is 0. The Morgan fingerprint density at radius 2 is 1.60 bits per heavy atom. The zero-order chi connectivity index (χ0) is 36.9. The van der Waals surface area contributed by atoms with Gasteiger partial charge in [-0.1, -0.05) is 141 Å². The number of hydrogen-bond acceptors (Lipinski definition) is 0. The lowest BCUT2D eigenvalue weighted by molar-refractivity contribution is 0.0774. The molecule has 0 radical (unpaired) electrons. The van der Waals surface area contributed by atoms with E-state index in [2.05, 4.69) is 145 Å². The first kappa shape index (κ1) is 41.2. The van der Waals surface area contributed by atoms with Crippen molar-refractivity contribution in [2.75, 3.05) is 0 Å². The molecule has 1 spiro atoms. The van der Waals surface area contributed by atoms with Gasteiger partial charge in [0.05, 0.1) is 0 Å². The first-order valence-corrected chi connectivity index (χ1v) is 21.6. The maximum atomic E-state index is 4.23. The first-order valence-electron chi connectivity index (χ1n) is 21.6. The van der Waals surface area contributed by atoms with Crippen LogP contribution in [0, 0.1) is 94.2 Å². The monoisotopic (exact) mass is 683 g/mol. The van der Waals surface area contributed by atoms with E-state index in [9.17, 15) is 0 Å². The zero-order valence-corrected chi connectivity index (χ0v) is 35.4. The van der Waals surface area contributed by atoms with Gasteiger partial charge in [0.2, 0.25) is 0 Å². The third-order valence-corrected chi connectivity index (χ3v) is 15.9. The molecule has 282 valence electrons. The predicted molar refractivity (Wildman–Crippen MR) is 223 cm³/mol. The van der Waals surface area contributed by atoms with E-state index in [-0.39, 0.29) is 0 Å². The van der Waals surface area contributed by atoms with Gasteiger partial charge in [0.25, 0.3) is 0 Å². The molecule has 0 aromatic heterocycles.